The molecular formula is C15H18F2N4. The third-order valence-corrected chi connectivity index (χ3v) is 2.83. The first kappa shape index (κ1) is 15.2. The monoisotopic (exact) mass is 292 g/mol. The fraction of sp³-hybridized carbons (Fsp3) is 0.333. The van der Waals surface area contributed by atoms with E-state index in [-0.39, 0.29) is 11.6 Å². The van der Waals surface area contributed by atoms with Crippen LogP contribution in [-0.4, -0.2) is 16.5 Å². The van der Waals surface area contributed by atoms with Crippen molar-refractivity contribution < 1.29 is 8.78 Å². The van der Waals surface area contributed by atoms with E-state index in [0.29, 0.717) is 24.0 Å². The van der Waals surface area contributed by atoms with E-state index in [4.69, 9.17) is 0 Å². The summed E-state index contributed by atoms with van der Waals surface area (Å²) in [6.07, 6.45) is 0. The molecule has 6 heteroatoms. The minimum absolute atomic E-state index is 0.0471. The average Bonchev–Trinajstić information content (AvgIpc) is 2.44. The third kappa shape index (κ3) is 3.65. The van der Waals surface area contributed by atoms with E-state index in [1.54, 1.807) is 6.07 Å². The second kappa shape index (κ2) is 6.47. The minimum Gasteiger partial charge on any atom is -0.370 e. The molecule has 0 saturated heterocycles. The molecule has 4 nitrogen and oxygen atoms in total. The average molecular weight is 292 g/mol. The van der Waals surface area contributed by atoms with E-state index in [9.17, 15) is 8.78 Å². The lowest BCUT2D eigenvalue weighted by Crippen LogP contribution is -2.07. The number of anilines is 3. The predicted octanol–water partition coefficient (Wildman–Crippen LogP) is 4.05. The van der Waals surface area contributed by atoms with Gasteiger partial charge in [-0.1, -0.05) is 19.9 Å². The maximum Gasteiger partial charge on any atom is 0.182 e. The summed E-state index contributed by atoms with van der Waals surface area (Å²) >= 11 is 0. The van der Waals surface area contributed by atoms with E-state index in [2.05, 4.69) is 20.6 Å². The van der Waals surface area contributed by atoms with Crippen LogP contribution in [0.3, 0.4) is 0 Å². The van der Waals surface area contributed by atoms with Crippen molar-refractivity contribution in [3.8, 4) is 0 Å². The molecule has 2 N–H and O–H groups in total. The molecule has 0 saturated carbocycles. The molecule has 0 aliphatic carbocycles. The molecule has 0 amide bonds. The minimum atomic E-state index is -0.924. The van der Waals surface area contributed by atoms with E-state index in [1.165, 1.54) is 12.1 Å². The Hall–Kier alpha value is -2.24. The molecule has 0 aliphatic rings. The molecule has 0 spiro atoms. The summed E-state index contributed by atoms with van der Waals surface area (Å²) in [5.74, 6) is 0.0104. The number of benzene rings is 1. The highest BCUT2D eigenvalue weighted by Gasteiger charge is 2.11. The highest BCUT2D eigenvalue weighted by Crippen LogP contribution is 2.23. The first-order valence-electron chi connectivity index (χ1n) is 6.85. The Morgan fingerprint density at radius 3 is 2.52 bits per heavy atom. The van der Waals surface area contributed by atoms with Gasteiger partial charge < -0.3 is 10.6 Å². The van der Waals surface area contributed by atoms with Gasteiger partial charge in [0, 0.05) is 18.5 Å². The van der Waals surface area contributed by atoms with Gasteiger partial charge in [0.15, 0.2) is 11.6 Å². The first-order chi connectivity index (χ1) is 10.0. The van der Waals surface area contributed by atoms with Crippen molar-refractivity contribution in [2.45, 2.75) is 26.7 Å². The molecule has 0 bridgehead atoms. The molecule has 1 heterocycles. The van der Waals surface area contributed by atoms with Gasteiger partial charge in [-0.05, 0) is 19.1 Å². The Morgan fingerprint density at radius 1 is 1.14 bits per heavy atom. The standard InChI is InChI=1S/C15H18F2N4/c1-4-18-12-8-13(21-15(20-12)9(2)3)19-11-7-5-6-10(16)14(11)17/h5-9H,4H2,1-3H3,(H2,18,19,20,21). The Balaban J connectivity index is 2.36. The Morgan fingerprint density at radius 2 is 1.86 bits per heavy atom. The zero-order chi connectivity index (χ0) is 15.4. The summed E-state index contributed by atoms with van der Waals surface area (Å²) in [7, 11) is 0. The van der Waals surface area contributed by atoms with Crippen LogP contribution in [0.5, 0.6) is 0 Å². The van der Waals surface area contributed by atoms with Crippen molar-refractivity contribution in [2.75, 3.05) is 17.2 Å². The van der Waals surface area contributed by atoms with Crippen LogP contribution in [0.15, 0.2) is 24.3 Å². The van der Waals surface area contributed by atoms with Gasteiger partial charge in [-0.15, -0.1) is 0 Å². The molecule has 2 aromatic rings. The van der Waals surface area contributed by atoms with Gasteiger partial charge in [0.2, 0.25) is 0 Å². The van der Waals surface area contributed by atoms with Crippen molar-refractivity contribution in [3.63, 3.8) is 0 Å². The van der Waals surface area contributed by atoms with Gasteiger partial charge in [0.1, 0.15) is 17.5 Å². The van der Waals surface area contributed by atoms with E-state index in [0.717, 1.165) is 6.07 Å². The van der Waals surface area contributed by atoms with E-state index >= 15 is 0 Å². The lowest BCUT2D eigenvalue weighted by molar-refractivity contribution is 0.511. The maximum absolute atomic E-state index is 13.7. The van der Waals surface area contributed by atoms with E-state index in [1.807, 2.05) is 20.8 Å². The number of hydrogen-bond acceptors (Lipinski definition) is 4. The lowest BCUT2D eigenvalue weighted by atomic mass is 10.2. The molecule has 0 unspecified atom stereocenters. The van der Waals surface area contributed by atoms with E-state index < -0.39 is 11.6 Å². The molecule has 1 aromatic carbocycles. The van der Waals surface area contributed by atoms with Gasteiger partial charge in [-0.3, -0.25) is 0 Å². The summed E-state index contributed by atoms with van der Waals surface area (Å²) in [5, 5.41) is 5.90. The summed E-state index contributed by atoms with van der Waals surface area (Å²) in [4.78, 5) is 8.70. The zero-order valence-corrected chi connectivity index (χ0v) is 12.2. The van der Waals surface area contributed by atoms with Crippen LogP contribution in [0.4, 0.5) is 26.1 Å². The number of halogens is 2. The molecule has 0 fully saturated rings. The smallest absolute Gasteiger partial charge is 0.182 e. The number of rotatable bonds is 5. The number of nitrogens with zero attached hydrogens (tertiary/aromatic N) is 2. The molecular weight excluding hydrogens is 274 g/mol. The zero-order valence-electron chi connectivity index (χ0n) is 12.2. The maximum atomic E-state index is 13.7. The molecule has 2 rings (SSSR count). The van der Waals surface area contributed by atoms with Gasteiger partial charge in [-0.2, -0.15) is 0 Å². The Kier molecular flexibility index (Phi) is 4.67. The van der Waals surface area contributed by atoms with Crippen molar-refractivity contribution >= 4 is 17.3 Å². The lowest BCUT2D eigenvalue weighted by Gasteiger charge is -2.12. The number of hydrogen-bond donors (Lipinski definition) is 2. The molecule has 0 aliphatic heterocycles. The van der Waals surface area contributed by atoms with Crippen LogP contribution >= 0.6 is 0 Å². The normalized spacial score (nSPS) is 10.8. The third-order valence-electron chi connectivity index (χ3n) is 2.83. The first-order valence-corrected chi connectivity index (χ1v) is 6.85. The summed E-state index contributed by atoms with van der Waals surface area (Å²) in [6, 6.07) is 5.64. The molecule has 21 heavy (non-hydrogen) atoms. The number of aromatic nitrogens is 2. The van der Waals surface area contributed by atoms with Crippen LogP contribution in [-0.2, 0) is 0 Å². The number of nitrogens with one attached hydrogen (secondary N) is 2. The highest BCUT2D eigenvalue weighted by atomic mass is 19.2. The largest absolute Gasteiger partial charge is 0.370 e. The Bertz CT molecular complexity index is 629. The fourth-order valence-electron chi connectivity index (χ4n) is 1.80. The van der Waals surface area contributed by atoms with Gasteiger partial charge in [-0.25, -0.2) is 18.7 Å². The molecule has 0 radical (unpaired) electrons. The van der Waals surface area contributed by atoms with Crippen molar-refractivity contribution in [3.05, 3.63) is 41.7 Å². The van der Waals surface area contributed by atoms with Gasteiger partial charge in [0.05, 0.1) is 5.69 Å². The second-order valence-electron chi connectivity index (χ2n) is 4.91. The topological polar surface area (TPSA) is 49.8 Å². The van der Waals surface area contributed by atoms with Crippen molar-refractivity contribution in [1.29, 1.82) is 0 Å². The summed E-state index contributed by atoms with van der Waals surface area (Å²) in [6.45, 7) is 6.61. The van der Waals surface area contributed by atoms with Crippen LogP contribution in [0.1, 0.15) is 32.5 Å². The quantitative estimate of drug-likeness (QED) is 0.872. The van der Waals surface area contributed by atoms with Crippen LogP contribution < -0.4 is 10.6 Å². The van der Waals surface area contributed by atoms with Crippen LogP contribution in [0, 0.1) is 11.6 Å². The highest BCUT2D eigenvalue weighted by molar-refractivity contribution is 5.60. The fourth-order valence-corrected chi connectivity index (χ4v) is 1.80. The molecule has 1 aromatic heterocycles. The second-order valence-corrected chi connectivity index (χ2v) is 4.91. The Labute approximate surface area is 122 Å². The van der Waals surface area contributed by atoms with Crippen LogP contribution in [0.2, 0.25) is 0 Å². The van der Waals surface area contributed by atoms with Gasteiger partial charge >= 0.3 is 0 Å². The van der Waals surface area contributed by atoms with Crippen molar-refractivity contribution in [1.82, 2.24) is 9.97 Å². The molecule has 112 valence electrons. The summed E-state index contributed by atoms with van der Waals surface area (Å²) < 4.78 is 26.9. The summed E-state index contributed by atoms with van der Waals surface area (Å²) in [5.41, 5.74) is 0.0471. The van der Waals surface area contributed by atoms with Crippen molar-refractivity contribution in [2.24, 2.45) is 0 Å². The van der Waals surface area contributed by atoms with Gasteiger partial charge in [0.25, 0.3) is 0 Å². The predicted molar refractivity (Wildman–Crippen MR) is 79.9 cm³/mol. The van der Waals surface area contributed by atoms with Crippen LogP contribution in [0.25, 0.3) is 0 Å². The SMILES string of the molecule is CCNc1cc(Nc2cccc(F)c2F)nc(C(C)C)n1. The molecule has 0 atom stereocenters.